The van der Waals surface area contributed by atoms with E-state index in [1.54, 1.807) is 4.90 Å². The fourth-order valence-electron chi connectivity index (χ4n) is 5.46. The summed E-state index contributed by atoms with van der Waals surface area (Å²) >= 11 is 0. The quantitative estimate of drug-likeness (QED) is 0.428. The van der Waals surface area contributed by atoms with Crippen LogP contribution in [0.2, 0.25) is 0 Å². The first-order valence-corrected chi connectivity index (χ1v) is 13.3. The highest BCUT2D eigenvalue weighted by Crippen LogP contribution is 2.45. The van der Waals surface area contributed by atoms with Gasteiger partial charge in [0.25, 0.3) is 5.91 Å². The molecular formula is C28H38N8O2. The molecule has 10 nitrogen and oxygen atoms in total. The van der Waals surface area contributed by atoms with Gasteiger partial charge >= 0.3 is 0 Å². The third-order valence-electron chi connectivity index (χ3n) is 7.38. The fraction of sp³-hybridized carbons (Fsp3) is 0.464. The summed E-state index contributed by atoms with van der Waals surface area (Å²) in [5, 5.41) is 19.2. The maximum atomic E-state index is 14.2. The molecule has 1 fully saturated rings. The zero-order chi connectivity index (χ0) is 27.0. The van der Waals surface area contributed by atoms with Crippen molar-refractivity contribution in [3.63, 3.8) is 0 Å². The predicted octanol–water partition coefficient (Wildman–Crippen LogP) is 2.92. The Balaban J connectivity index is 1.61. The van der Waals surface area contributed by atoms with E-state index in [1.165, 1.54) is 10.5 Å². The fourth-order valence-corrected chi connectivity index (χ4v) is 5.46. The minimum absolute atomic E-state index is 0.0983. The van der Waals surface area contributed by atoms with Gasteiger partial charge in [0.05, 0.1) is 17.7 Å². The van der Waals surface area contributed by atoms with Gasteiger partial charge in [-0.25, -0.2) is 9.97 Å². The van der Waals surface area contributed by atoms with Crippen molar-refractivity contribution in [3.05, 3.63) is 53.1 Å². The monoisotopic (exact) mass is 518 g/mol. The second-order valence-corrected chi connectivity index (χ2v) is 10.3. The first-order valence-electron chi connectivity index (χ1n) is 13.3. The summed E-state index contributed by atoms with van der Waals surface area (Å²) in [6.07, 6.45) is 1.99. The molecule has 0 spiro atoms. The lowest BCUT2D eigenvalue weighted by molar-refractivity contribution is -0.00143. The highest BCUT2D eigenvalue weighted by Gasteiger charge is 2.42. The van der Waals surface area contributed by atoms with Crippen LogP contribution < -0.4 is 20.4 Å². The van der Waals surface area contributed by atoms with Gasteiger partial charge in [-0.1, -0.05) is 29.8 Å². The molecule has 10 heteroatoms. The average molecular weight is 519 g/mol. The molecule has 38 heavy (non-hydrogen) atoms. The minimum Gasteiger partial charge on any atom is -0.383 e. The van der Waals surface area contributed by atoms with E-state index in [2.05, 4.69) is 45.0 Å². The van der Waals surface area contributed by atoms with E-state index in [0.717, 1.165) is 60.7 Å². The number of aromatic nitrogens is 3. The van der Waals surface area contributed by atoms with Crippen LogP contribution in [0.15, 0.2) is 35.9 Å². The molecule has 3 N–H and O–H groups in total. The van der Waals surface area contributed by atoms with Crippen LogP contribution in [0.1, 0.15) is 42.3 Å². The Hall–Kier alpha value is -3.63. The van der Waals surface area contributed by atoms with Crippen molar-refractivity contribution in [1.29, 1.82) is 0 Å². The average Bonchev–Trinajstić information content (AvgIpc) is 3.02. The van der Waals surface area contributed by atoms with Crippen molar-refractivity contribution in [2.75, 3.05) is 55.4 Å². The number of hydrogen-bond acceptors (Lipinski definition) is 8. The third kappa shape index (κ3) is 4.58. The summed E-state index contributed by atoms with van der Waals surface area (Å²) in [5.41, 5.74) is 4.98. The van der Waals surface area contributed by atoms with Crippen molar-refractivity contribution >= 4 is 34.0 Å². The number of amides is 1. The molecule has 1 saturated heterocycles. The lowest BCUT2D eigenvalue weighted by atomic mass is 10.2. The van der Waals surface area contributed by atoms with Crippen molar-refractivity contribution in [2.24, 2.45) is 0 Å². The number of nitrogens with one attached hydrogen (secondary N) is 2. The van der Waals surface area contributed by atoms with Gasteiger partial charge in [0.15, 0.2) is 0 Å². The number of fused-ring (bicyclic) bond motifs is 2. The van der Waals surface area contributed by atoms with Gasteiger partial charge in [-0.2, -0.15) is 0 Å². The van der Waals surface area contributed by atoms with Crippen molar-refractivity contribution in [2.45, 2.75) is 46.6 Å². The number of aliphatic hydroxyl groups is 1. The van der Waals surface area contributed by atoms with Gasteiger partial charge in [-0.3, -0.25) is 9.69 Å². The van der Waals surface area contributed by atoms with Crippen LogP contribution in [0.25, 0.3) is 10.9 Å². The topological polar surface area (TPSA) is 102 Å². The first kappa shape index (κ1) is 26.0. The van der Waals surface area contributed by atoms with Crippen molar-refractivity contribution in [1.82, 2.24) is 24.8 Å². The number of benzene rings is 1. The highest BCUT2D eigenvalue weighted by atomic mass is 16.3. The van der Waals surface area contributed by atoms with Crippen LogP contribution in [-0.4, -0.2) is 77.1 Å². The van der Waals surface area contributed by atoms with E-state index >= 15 is 0 Å². The number of anilines is 3. The van der Waals surface area contributed by atoms with E-state index in [0.29, 0.717) is 23.8 Å². The largest absolute Gasteiger partial charge is 0.383 e. The standard InChI is InChI=1S/C28H38N8O2/c1-18(2)11-15-35-25-24(23(29-4)26(35)34-14-8-12-30-13-16-34)33(5)28(38)36(27(25)37)17-22-31-19(3)20-9-6-7-10-21(20)32-22/h6-7,9-11,28-30,38H,8,12-17H2,1-5H3. The number of aryl methyl sites for hydroxylation is 1. The molecule has 1 aromatic carbocycles. The number of nitrogens with zero attached hydrogens (tertiary/aromatic N) is 6. The van der Waals surface area contributed by atoms with E-state index in [1.807, 2.05) is 45.3 Å². The maximum absolute atomic E-state index is 14.2. The predicted molar refractivity (Wildman–Crippen MR) is 152 cm³/mol. The van der Waals surface area contributed by atoms with Gasteiger partial charge in [0.1, 0.15) is 23.0 Å². The number of hydrogen-bond donors (Lipinski definition) is 3. The van der Waals surface area contributed by atoms with Crippen LogP contribution in [0.4, 0.5) is 17.2 Å². The number of carbonyl (C=O) groups excluding carboxylic acids is 1. The zero-order valence-electron chi connectivity index (χ0n) is 23.0. The number of allylic oxidation sites excluding steroid dienone is 2. The smallest absolute Gasteiger partial charge is 0.276 e. The minimum atomic E-state index is -1.16. The molecule has 2 aliphatic heterocycles. The van der Waals surface area contributed by atoms with Gasteiger partial charge < -0.3 is 30.1 Å². The lowest BCUT2D eigenvalue weighted by Crippen LogP contribution is -2.54. The molecular weight excluding hydrogens is 480 g/mol. The summed E-state index contributed by atoms with van der Waals surface area (Å²) < 4.78 is 2.10. The Kier molecular flexibility index (Phi) is 7.27. The first-order chi connectivity index (χ1) is 18.3. The highest BCUT2D eigenvalue weighted by molar-refractivity contribution is 6.07. The number of carbonyl (C=O) groups is 1. The third-order valence-corrected chi connectivity index (χ3v) is 7.38. The zero-order valence-corrected chi connectivity index (χ0v) is 23.0. The van der Waals surface area contributed by atoms with Crippen molar-refractivity contribution < 1.29 is 9.90 Å². The molecule has 1 atom stereocenters. The second kappa shape index (κ2) is 10.6. The summed E-state index contributed by atoms with van der Waals surface area (Å²) in [6, 6.07) is 7.84. The Bertz CT molecular complexity index is 1370. The number of aliphatic hydroxyl groups excluding tert-OH is 1. The number of para-hydroxylation sites is 1. The molecule has 5 rings (SSSR count). The summed E-state index contributed by atoms with van der Waals surface area (Å²) in [7, 11) is 3.71. The molecule has 1 amide bonds. The Morgan fingerprint density at radius 1 is 1.21 bits per heavy atom. The number of rotatable bonds is 6. The molecule has 3 aromatic rings. The lowest BCUT2D eigenvalue weighted by Gasteiger charge is -2.39. The second-order valence-electron chi connectivity index (χ2n) is 10.3. The summed E-state index contributed by atoms with van der Waals surface area (Å²) in [5.74, 6) is 1.24. The molecule has 1 unspecified atom stereocenters. The Morgan fingerprint density at radius 2 is 2.00 bits per heavy atom. The summed E-state index contributed by atoms with van der Waals surface area (Å²) in [6.45, 7) is 10.3. The van der Waals surface area contributed by atoms with Crippen LogP contribution in [0, 0.1) is 6.92 Å². The van der Waals surface area contributed by atoms with Crippen LogP contribution in [-0.2, 0) is 13.1 Å². The van der Waals surface area contributed by atoms with Crippen LogP contribution >= 0.6 is 0 Å². The molecule has 0 radical (unpaired) electrons. The van der Waals surface area contributed by atoms with Crippen molar-refractivity contribution in [3.8, 4) is 0 Å². The molecule has 0 saturated carbocycles. The molecule has 2 aromatic heterocycles. The summed E-state index contributed by atoms with van der Waals surface area (Å²) in [4.78, 5) is 29.2. The molecule has 2 aliphatic rings. The molecule has 202 valence electrons. The van der Waals surface area contributed by atoms with Gasteiger partial charge in [-0.15, -0.1) is 0 Å². The van der Waals surface area contributed by atoms with Gasteiger partial charge in [-0.05, 0) is 39.8 Å². The Labute approximate surface area is 224 Å². The molecule has 0 aliphatic carbocycles. The normalized spacial score (nSPS) is 18.0. The van der Waals surface area contributed by atoms with E-state index in [9.17, 15) is 9.90 Å². The van der Waals surface area contributed by atoms with Crippen LogP contribution in [0.3, 0.4) is 0 Å². The molecule has 4 heterocycles. The molecule has 0 bridgehead atoms. The SMILES string of the molecule is CNc1c2c(n(CC=C(C)C)c1N1CCCNCC1)C(=O)N(Cc1nc(C)c3ccccc3n1)C(O)N2C. The van der Waals surface area contributed by atoms with Gasteiger partial charge in [0.2, 0.25) is 6.35 Å². The van der Waals surface area contributed by atoms with E-state index in [-0.39, 0.29) is 12.5 Å². The van der Waals surface area contributed by atoms with Gasteiger partial charge in [0, 0.05) is 51.4 Å². The van der Waals surface area contributed by atoms with Crippen LogP contribution in [0.5, 0.6) is 0 Å². The van der Waals surface area contributed by atoms with E-state index < -0.39 is 6.35 Å². The van der Waals surface area contributed by atoms with E-state index in [4.69, 9.17) is 4.98 Å². The Morgan fingerprint density at radius 3 is 2.76 bits per heavy atom. The maximum Gasteiger partial charge on any atom is 0.276 e.